The second-order valence-electron chi connectivity index (χ2n) is 25.5. The monoisotopic (exact) mass is 983 g/mol. The Morgan fingerprint density at radius 2 is 0.316 bits per heavy atom. The van der Waals surface area contributed by atoms with E-state index in [1.54, 1.807) is 0 Å². The predicted molar refractivity (Wildman–Crippen MR) is 453 cm³/mol. The molecule has 0 unspecified atom stereocenters. The lowest BCUT2D eigenvalue weighted by molar-refractivity contribution is 0.675. The van der Waals surface area contributed by atoms with Gasteiger partial charge in [0.2, 0.25) is 0 Å². The van der Waals surface area contributed by atoms with E-state index in [9.17, 15) is 0 Å². The van der Waals surface area contributed by atoms with Gasteiger partial charge in [-0.3, -0.25) is 0 Å². The van der Waals surface area contributed by atoms with E-state index in [-0.39, 0.29) is 0 Å². The smallest absolute Gasteiger partial charge is 0.145 e. The van der Waals surface area contributed by atoms with Gasteiger partial charge >= 0.3 is 0 Å². The van der Waals surface area contributed by atoms with Crippen molar-refractivity contribution in [2.75, 3.05) is 0 Å². The summed E-state index contributed by atoms with van der Waals surface area (Å²) < 4.78 is 7.52. The van der Waals surface area contributed by atoms with E-state index in [0.29, 0.717) is 0 Å². The van der Waals surface area contributed by atoms with Crippen LogP contribution in [-0.2, 0) is 0 Å². The van der Waals surface area contributed by atoms with E-state index in [4.69, 9.17) is 4.42 Å². The summed E-state index contributed by atoms with van der Waals surface area (Å²) in [5.74, 6) is 0. The minimum atomic E-state index is 1.02. The highest BCUT2D eigenvalue weighted by Crippen LogP contribution is 2.43. The summed E-state index contributed by atoms with van der Waals surface area (Å²) in [6.07, 6.45) is 0. The quantitative estimate of drug-likeness (QED) is 0.127. The Balaban J connectivity index is 1.58. The van der Waals surface area contributed by atoms with E-state index in [2.05, 4.69) is 235 Å². The molecule has 348 valence electrons. The van der Waals surface area contributed by atoms with E-state index in [0.717, 1.165) is 11.2 Å². The van der Waals surface area contributed by atoms with Crippen LogP contribution in [0, 0.1) is 0 Å². The first-order chi connectivity index (χ1) is 36.8. The van der Waals surface area contributed by atoms with Gasteiger partial charge in [-0.2, -0.15) is 0 Å². The van der Waals surface area contributed by atoms with Crippen LogP contribution in [0.25, 0.3) is 98.8 Å². The largest absolute Gasteiger partial charge is 0.457 e. The third-order valence-corrected chi connectivity index (χ3v) is 22.8. The van der Waals surface area contributed by atoms with Crippen LogP contribution >= 0.6 is 0 Å². The number of fused-ring (bicyclic) bond motifs is 6. The maximum atomic E-state index is 7.52. The lowest BCUT2D eigenvalue weighted by atomic mass is 9.54. The Bertz CT molecular complexity index is 4360. The Hall–Kier alpha value is -4.49. The van der Waals surface area contributed by atoms with Crippen LogP contribution in [0.2, 0.25) is 0 Å². The number of rotatable bonds is 4. The van der Waals surface area contributed by atoms with Gasteiger partial charge in [-0.15, -0.1) is 65.6 Å². The summed E-state index contributed by atoms with van der Waals surface area (Å²) in [6.45, 7) is 0. The predicted octanol–water partition coefficient (Wildman–Crippen LogP) is -38.5. The summed E-state index contributed by atoms with van der Waals surface area (Å²) in [5.41, 5.74) is 53.9. The van der Waals surface area contributed by atoms with Crippen molar-refractivity contribution in [2.24, 2.45) is 0 Å². The Kier molecular flexibility index (Phi) is 14.3. The van der Waals surface area contributed by atoms with Gasteiger partial charge in [0.05, 0.1) is 0 Å². The minimum Gasteiger partial charge on any atom is -0.457 e. The first-order valence-corrected chi connectivity index (χ1v) is 29.4. The molecule has 0 N–H and O–H groups in total. The summed E-state index contributed by atoms with van der Waals surface area (Å²) in [6, 6.07) is 0. The van der Waals surface area contributed by atoms with Crippen molar-refractivity contribution in [1.29, 1.82) is 0 Å². The molecule has 79 heavy (non-hydrogen) atoms. The minimum absolute atomic E-state index is 1.02. The Labute approximate surface area is 498 Å². The van der Waals surface area contributed by atoms with Crippen LogP contribution in [0.4, 0.5) is 0 Å². The van der Waals surface area contributed by atoms with Gasteiger partial charge in [0.25, 0.3) is 0 Å². The van der Waals surface area contributed by atoms with Crippen LogP contribution in [0.3, 0.4) is 0 Å². The van der Waals surface area contributed by atoms with Crippen molar-refractivity contribution in [3.8, 4) is 44.5 Å². The number of hydrogen-bond donors (Lipinski definition) is 0. The van der Waals surface area contributed by atoms with Gasteiger partial charge in [0.1, 0.15) is 247 Å². The van der Waals surface area contributed by atoms with Crippen molar-refractivity contribution in [3.05, 3.63) is 0 Å². The topological polar surface area (TPSA) is 13.1 Å². The first kappa shape index (κ1) is 57.7. The van der Waals surface area contributed by atoms with Crippen molar-refractivity contribution < 1.29 is 4.42 Å². The van der Waals surface area contributed by atoms with E-state index >= 15 is 0 Å². The lowest BCUT2D eigenvalue weighted by Gasteiger charge is -2.33. The third-order valence-electron chi connectivity index (χ3n) is 22.8. The molecule has 0 fully saturated rings. The fraction of sp³-hybridized carbons (Fsp3) is 0. The summed E-state index contributed by atoms with van der Waals surface area (Å²) in [5, 5.41) is 10.7. The zero-order valence-electron chi connectivity index (χ0n) is 54.4. The van der Waals surface area contributed by atoms with Crippen LogP contribution in [0.15, 0.2) is 4.42 Å². The van der Waals surface area contributed by atoms with Crippen LogP contribution in [0.1, 0.15) is 0 Å². The maximum absolute atomic E-state index is 7.52. The molecule has 0 aliphatic carbocycles. The number of benzene rings is 9. The van der Waals surface area contributed by atoms with Crippen molar-refractivity contribution in [3.63, 3.8) is 0 Å². The van der Waals surface area contributed by atoms with Gasteiger partial charge in [-0.1, -0.05) is 92.9 Å². The first-order valence-electron chi connectivity index (χ1n) is 29.4. The molecule has 10 aromatic rings. The summed E-state index contributed by atoms with van der Waals surface area (Å²) >= 11 is 0. The molecule has 0 radical (unpaired) electrons. The third kappa shape index (κ3) is 7.52. The number of hydrogen-bond acceptors (Lipinski definition) is 1. The molecule has 0 bridgehead atoms. The Morgan fingerprint density at radius 1 is 0.114 bits per heavy atom. The van der Waals surface area contributed by atoms with Crippen molar-refractivity contribution in [2.45, 2.75) is 0 Å². The highest BCUT2D eigenvalue weighted by molar-refractivity contribution is 6.77. The summed E-state index contributed by atoms with van der Waals surface area (Å²) in [7, 11) is 71.4. The highest BCUT2D eigenvalue weighted by Gasteiger charge is 2.33. The SMILES string of the molecule is Bc1c(B)c(B)c(-c2c(B)c(-c3c(B)c(B)c(B)c(B)c3B)c(B)c(-c3c4c(B)c(B)c(B)c(B)c4c(-c4c(B)c(B)c(B)c5oc6c(B)c7c(B)c(B)c(B)c(B)c7c(B)c6c45)c4c(B)c(B)c(B)c(B)c34)c2B)c(B)c1B. The molecule has 1 aromatic heterocycles. The molecule has 0 spiro atoms. The zero-order chi connectivity index (χ0) is 58.4. The van der Waals surface area contributed by atoms with Gasteiger partial charge in [-0.05, 0) is 82.3 Å². The van der Waals surface area contributed by atoms with Gasteiger partial charge in [0.15, 0.2) is 0 Å². The van der Waals surface area contributed by atoms with E-state index < -0.39 is 0 Å². The molecular weight excluding hydrogens is 917 g/mol. The highest BCUT2D eigenvalue weighted by atomic mass is 16.3. The molecule has 0 saturated heterocycles. The number of furan rings is 1. The van der Waals surface area contributed by atoms with Gasteiger partial charge in [0, 0.05) is 10.8 Å². The fourth-order valence-electron chi connectivity index (χ4n) is 15.9. The molecule has 0 amide bonds. The Morgan fingerprint density at radius 3 is 0.646 bits per heavy atom. The van der Waals surface area contributed by atoms with Crippen molar-refractivity contribution >= 4 is 454 Å². The summed E-state index contributed by atoms with van der Waals surface area (Å²) in [4.78, 5) is 0. The molecule has 31 heteroatoms. The van der Waals surface area contributed by atoms with Gasteiger partial charge < -0.3 is 4.42 Å². The molecule has 0 saturated carbocycles. The van der Waals surface area contributed by atoms with Crippen LogP contribution < -0.4 is 164 Å². The van der Waals surface area contributed by atoms with E-state index in [1.165, 1.54) is 251 Å². The van der Waals surface area contributed by atoms with Crippen LogP contribution in [0.5, 0.6) is 0 Å². The molecule has 10 rings (SSSR count). The van der Waals surface area contributed by atoms with Crippen molar-refractivity contribution in [1.82, 2.24) is 0 Å². The second-order valence-corrected chi connectivity index (χ2v) is 25.5. The zero-order valence-corrected chi connectivity index (χ0v) is 54.4. The molecular formula is C48H60B30O. The molecule has 9 aromatic carbocycles. The molecule has 0 atom stereocenters. The maximum Gasteiger partial charge on any atom is 0.145 e. The van der Waals surface area contributed by atoms with E-state index in [1.807, 2.05) is 0 Å². The van der Waals surface area contributed by atoms with Crippen LogP contribution in [-0.4, -0.2) is 235 Å². The van der Waals surface area contributed by atoms with Gasteiger partial charge in [-0.25, -0.2) is 0 Å². The molecule has 0 aliphatic heterocycles. The standard InChI is InChI=1S/C48H60B30O/c49-17-9(18(50)11(14-29(61)41(73)45(77)42(74)30(14)62)19(51)10(17)13-27(59)39(71)44(76)40(72)28(13)60)2-5-3(21(53)33(65)35(67)23(5)55)1(4-6(2)24(56)36(68)34(66)22(4)54)7-8-16-20(52)12-15(31(63)38(70)37(69)26(12)58)32(64)48(16)79-47(8)46(78)43(75)25(7)57/h49-78H2. The fourth-order valence-corrected chi connectivity index (χ4v) is 15.9. The molecule has 1 heterocycles. The normalized spacial score (nSPS) is 11.8. The second kappa shape index (κ2) is 19.6. The average Bonchev–Trinajstić information content (AvgIpc) is 3.29. The average molecular weight is 977 g/mol. The molecule has 1 nitrogen and oxygen atoms in total. The molecule has 0 aliphatic rings. The lowest BCUT2D eigenvalue weighted by Crippen LogP contribution is -2.57.